The van der Waals surface area contributed by atoms with Gasteiger partial charge in [0.15, 0.2) is 0 Å². The molecule has 0 aromatic carbocycles. The van der Waals surface area contributed by atoms with E-state index in [9.17, 15) is 0 Å². The maximum atomic E-state index is 5.43. The van der Waals surface area contributed by atoms with Crippen LogP contribution in [0.2, 0.25) is 0 Å². The molecule has 0 radical (unpaired) electrons. The molecule has 0 aliphatic heterocycles. The lowest BCUT2D eigenvalue weighted by Crippen LogP contribution is -2.11. The van der Waals surface area contributed by atoms with Crippen LogP contribution in [0.4, 0.5) is 0 Å². The lowest BCUT2D eigenvalue weighted by Gasteiger charge is -2.00. The van der Waals surface area contributed by atoms with E-state index in [-0.39, 0.29) is 0 Å². The van der Waals surface area contributed by atoms with Crippen molar-refractivity contribution in [3.8, 4) is 0 Å². The van der Waals surface area contributed by atoms with Crippen LogP contribution in [0, 0.1) is 0 Å². The highest BCUT2D eigenvalue weighted by Crippen LogP contribution is 2.04. The highest BCUT2D eigenvalue weighted by Gasteiger charge is 2.02. The van der Waals surface area contributed by atoms with Gasteiger partial charge >= 0.3 is 0 Å². The van der Waals surface area contributed by atoms with E-state index in [4.69, 9.17) is 13.9 Å². The summed E-state index contributed by atoms with van der Waals surface area (Å²) < 4.78 is 15.6. The van der Waals surface area contributed by atoms with E-state index in [1.54, 1.807) is 13.3 Å². The van der Waals surface area contributed by atoms with Gasteiger partial charge in [0, 0.05) is 7.11 Å². The number of oxazole rings is 1. The lowest BCUT2D eigenvalue weighted by molar-refractivity contribution is 0.0533. The van der Waals surface area contributed by atoms with Gasteiger partial charge in [0.05, 0.1) is 26.0 Å². The van der Waals surface area contributed by atoms with Gasteiger partial charge in [-0.3, -0.25) is 0 Å². The molecule has 5 nitrogen and oxygen atoms in total. The van der Waals surface area contributed by atoms with Crippen molar-refractivity contribution in [2.75, 3.05) is 26.9 Å². The molecule has 0 fully saturated rings. The Labute approximate surface area is 89.8 Å². The molecular formula is C10H18N2O3. The van der Waals surface area contributed by atoms with Crippen LogP contribution in [-0.4, -0.2) is 31.9 Å². The molecule has 1 rings (SSSR count). The second-order valence-electron chi connectivity index (χ2n) is 3.05. The normalized spacial score (nSPS) is 10.8. The zero-order valence-electron chi connectivity index (χ0n) is 9.28. The first-order chi connectivity index (χ1) is 7.36. The number of aromatic nitrogens is 1. The molecule has 1 aromatic heterocycles. The zero-order chi connectivity index (χ0) is 10.9. The van der Waals surface area contributed by atoms with Crippen LogP contribution in [0.15, 0.2) is 10.6 Å². The molecule has 0 amide bonds. The number of rotatable bonds is 8. The number of hydrogen-bond acceptors (Lipinski definition) is 5. The van der Waals surface area contributed by atoms with Crippen LogP contribution in [0.3, 0.4) is 0 Å². The second-order valence-corrected chi connectivity index (χ2v) is 3.05. The fourth-order valence-electron chi connectivity index (χ4n) is 1.04. The van der Waals surface area contributed by atoms with Crippen molar-refractivity contribution in [2.45, 2.75) is 20.1 Å². The number of methoxy groups -OCH3 is 1. The highest BCUT2D eigenvalue weighted by atomic mass is 16.5. The Hall–Kier alpha value is -0.910. The summed E-state index contributed by atoms with van der Waals surface area (Å²) in [5, 5.41) is 3.14. The van der Waals surface area contributed by atoms with Gasteiger partial charge in [-0.15, -0.1) is 0 Å². The van der Waals surface area contributed by atoms with Crippen LogP contribution in [-0.2, 0) is 22.6 Å². The van der Waals surface area contributed by atoms with Crippen molar-refractivity contribution < 1.29 is 13.9 Å². The van der Waals surface area contributed by atoms with Crippen LogP contribution < -0.4 is 5.32 Å². The molecule has 0 saturated carbocycles. The largest absolute Gasteiger partial charge is 0.442 e. The third-order valence-electron chi connectivity index (χ3n) is 1.80. The van der Waals surface area contributed by atoms with Gasteiger partial charge in [-0.05, 0) is 6.54 Å². The second kappa shape index (κ2) is 7.39. The number of ether oxygens (including phenoxy) is 2. The first-order valence-electron chi connectivity index (χ1n) is 5.07. The Morgan fingerprint density at radius 2 is 2.33 bits per heavy atom. The molecule has 1 aromatic rings. The molecule has 5 heteroatoms. The zero-order valence-corrected chi connectivity index (χ0v) is 9.28. The molecule has 0 unspecified atom stereocenters. The summed E-state index contributed by atoms with van der Waals surface area (Å²) in [5.41, 5.74) is 0. The molecule has 0 saturated heterocycles. The summed E-state index contributed by atoms with van der Waals surface area (Å²) in [7, 11) is 1.65. The minimum Gasteiger partial charge on any atom is -0.442 e. The van der Waals surface area contributed by atoms with E-state index in [0.29, 0.717) is 32.3 Å². The van der Waals surface area contributed by atoms with E-state index in [1.165, 1.54) is 0 Å². The molecule has 1 heterocycles. The molecule has 0 aliphatic rings. The fourth-order valence-corrected chi connectivity index (χ4v) is 1.04. The van der Waals surface area contributed by atoms with E-state index >= 15 is 0 Å². The summed E-state index contributed by atoms with van der Waals surface area (Å²) in [5.74, 6) is 1.45. The molecule has 0 bridgehead atoms. The molecular weight excluding hydrogens is 196 g/mol. The summed E-state index contributed by atoms with van der Waals surface area (Å²) >= 11 is 0. The highest BCUT2D eigenvalue weighted by molar-refractivity contribution is 4.92. The van der Waals surface area contributed by atoms with Gasteiger partial charge in [0.25, 0.3) is 0 Å². The van der Waals surface area contributed by atoms with Gasteiger partial charge in [0.2, 0.25) is 5.89 Å². The van der Waals surface area contributed by atoms with Crippen molar-refractivity contribution in [1.29, 1.82) is 0 Å². The quantitative estimate of drug-likeness (QED) is 0.653. The Bertz CT molecular complexity index is 263. The van der Waals surface area contributed by atoms with Crippen LogP contribution in [0.1, 0.15) is 18.6 Å². The SMILES string of the molecule is CCNCc1ncc(COCCOC)o1. The smallest absolute Gasteiger partial charge is 0.208 e. The minimum atomic E-state index is 0.447. The van der Waals surface area contributed by atoms with Crippen LogP contribution in [0.25, 0.3) is 0 Å². The van der Waals surface area contributed by atoms with Crippen molar-refractivity contribution >= 4 is 0 Å². The van der Waals surface area contributed by atoms with E-state index in [1.807, 2.05) is 6.92 Å². The van der Waals surface area contributed by atoms with Crippen LogP contribution in [0.5, 0.6) is 0 Å². The van der Waals surface area contributed by atoms with E-state index in [0.717, 1.165) is 12.3 Å². The summed E-state index contributed by atoms with van der Waals surface area (Å²) in [4.78, 5) is 4.11. The Morgan fingerprint density at radius 3 is 3.07 bits per heavy atom. The van der Waals surface area contributed by atoms with Gasteiger partial charge in [-0.1, -0.05) is 6.92 Å². The third-order valence-corrected chi connectivity index (χ3v) is 1.80. The Morgan fingerprint density at radius 1 is 1.47 bits per heavy atom. The monoisotopic (exact) mass is 214 g/mol. The van der Waals surface area contributed by atoms with Crippen molar-refractivity contribution in [3.05, 3.63) is 17.8 Å². The van der Waals surface area contributed by atoms with E-state index in [2.05, 4.69) is 10.3 Å². The molecule has 0 atom stereocenters. The molecule has 0 spiro atoms. The molecule has 0 aliphatic carbocycles. The maximum absolute atomic E-state index is 5.43. The lowest BCUT2D eigenvalue weighted by atomic mass is 10.5. The standard InChI is InChI=1S/C10H18N2O3/c1-3-11-7-10-12-6-9(15-10)8-14-5-4-13-2/h6,11H,3-5,7-8H2,1-2H3. The number of hydrogen-bond donors (Lipinski definition) is 1. The van der Waals surface area contributed by atoms with Crippen LogP contribution >= 0.6 is 0 Å². The summed E-state index contributed by atoms with van der Waals surface area (Å²) in [6.07, 6.45) is 1.69. The molecule has 86 valence electrons. The van der Waals surface area contributed by atoms with Gasteiger partial charge in [-0.25, -0.2) is 4.98 Å². The Kier molecular flexibility index (Phi) is 5.99. The summed E-state index contributed by atoms with van der Waals surface area (Å²) in [6, 6.07) is 0. The third kappa shape index (κ3) is 4.92. The minimum absolute atomic E-state index is 0.447. The maximum Gasteiger partial charge on any atom is 0.208 e. The van der Waals surface area contributed by atoms with Crippen molar-refractivity contribution in [3.63, 3.8) is 0 Å². The number of nitrogens with one attached hydrogen (secondary N) is 1. The van der Waals surface area contributed by atoms with Gasteiger partial charge < -0.3 is 19.2 Å². The first-order valence-corrected chi connectivity index (χ1v) is 5.07. The number of nitrogens with zero attached hydrogens (tertiary/aromatic N) is 1. The Balaban J connectivity index is 2.20. The molecule has 1 N–H and O–H groups in total. The van der Waals surface area contributed by atoms with Crippen molar-refractivity contribution in [2.24, 2.45) is 0 Å². The average Bonchev–Trinajstić information content (AvgIpc) is 2.69. The predicted octanol–water partition coefficient (Wildman–Crippen LogP) is 0.947. The van der Waals surface area contributed by atoms with Gasteiger partial charge in [0.1, 0.15) is 12.4 Å². The van der Waals surface area contributed by atoms with E-state index < -0.39 is 0 Å². The summed E-state index contributed by atoms with van der Waals surface area (Å²) in [6.45, 7) is 5.22. The van der Waals surface area contributed by atoms with Crippen molar-refractivity contribution in [1.82, 2.24) is 10.3 Å². The molecule has 15 heavy (non-hydrogen) atoms. The average molecular weight is 214 g/mol. The first kappa shape index (κ1) is 12.2. The van der Waals surface area contributed by atoms with Gasteiger partial charge in [-0.2, -0.15) is 0 Å². The predicted molar refractivity (Wildman–Crippen MR) is 55.4 cm³/mol. The topological polar surface area (TPSA) is 56.5 Å². The fraction of sp³-hybridized carbons (Fsp3) is 0.700.